The highest BCUT2D eigenvalue weighted by atomic mass is 16.1. The first-order valence-electron chi connectivity index (χ1n) is 7.55. The summed E-state index contributed by atoms with van der Waals surface area (Å²) in [7, 11) is 0. The molecule has 0 saturated carbocycles. The van der Waals surface area contributed by atoms with Crippen molar-refractivity contribution >= 4 is 11.6 Å². The van der Waals surface area contributed by atoms with E-state index in [2.05, 4.69) is 39.8 Å². The molecule has 0 aliphatic carbocycles. The Bertz CT molecular complexity index is 480. The summed E-state index contributed by atoms with van der Waals surface area (Å²) < 4.78 is 0. The van der Waals surface area contributed by atoms with Crippen LogP contribution in [0.25, 0.3) is 0 Å². The van der Waals surface area contributed by atoms with Gasteiger partial charge in [0.05, 0.1) is 0 Å². The minimum Gasteiger partial charge on any atom is -0.383 e. The molecule has 2 aliphatic rings. The van der Waals surface area contributed by atoms with E-state index in [4.69, 9.17) is 0 Å². The number of hydrogen-bond acceptors (Lipinski definition) is 3. The molecule has 0 aromatic heterocycles. The minimum atomic E-state index is 0.0942. The highest BCUT2D eigenvalue weighted by molar-refractivity contribution is 5.73. The lowest BCUT2D eigenvalue weighted by Gasteiger charge is -2.40. The number of hydrogen-bond donors (Lipinski definition) is 2. The molecular weight excluding hydrogens is 250 g/mol. The van der Waals surface area contributed by atoms with Gasteiger partial charge in [-0.1, -0.05) is 18.2 Å². The van der Waals surface area contributed by atoms with Crippen molar-refractivity contribution in [3.8, 4) is 0 Å². The number of amides is 1. The van der Waals surface area contributed by atoms with Gasteiger partial charge in [0.15, 0.2) is 0 Å². The number of nitrogens with one attached hydrogen (secondary N) is 2. The summed E-state index contributed by atoms with van der Waals surface area (Å²) in [6.45, 7) is 4.80. The first kappa shape index (κ1) is 13.4. The van der Waals surface area contributed by atoms with Crippen LogP contribution in [0.15, 0.2) is 24.3 Å². The predicted octanol–water partition coefficient (Wildman–Crippen LogP) is 1.62. The molecule has 1 amide bonds. The second kappa shape index (κ2) is 5.83. The number of rotatable bonds is 2. The van der Waals surface area contributed by atoms with Gasteiger partial charge >= 0.3 is 0 Å². The Kier molecular flexibility index (Phi) is 3.92. The van der Waals surface area contributed by atoms with E-state index in [1.54, 1.807) is 6.92 Å². The molecule has 1 aromatic carbocycles. The first-order valence-corrected chi connectivity index (χ1v) is 7.55. The van der Waals surface area contributed by atoms with Gasteiger partial charge in [0.1, 0.15) is 0 Å². The second-order valence-corrected chi connectivity index (χ2v) is 5.91. The molecule has 1 unspecified atom stereocenters. The molecular formula is C16H23N3O. The molecule has 2 aliphatic heterocycles. The summed E-state index contributed by atoms with van der Waals surface area (Å²) in [6.07, 6.45) is 3.27. The second-order valence-electron chi connectivity index (χ2n) is 5.91. The summed E-state index contributed by atoms with van der Waals surface area (Å²) >= 11 is 0. The SMILES string of the molecule is CC(=O)NC1CCN(C2CNc3ccccc3C2)CC1. The van der Waals surface area contributed by atoms with Crippen molar-refractivity contribution in [2.24, 2.45) is 0 Å². The summed E-state index contributed by atoms with van der Waals surface area (Å²) in [4.78, 5) is 13.7. The molecule has 3 rings (SSSR count). The minimum absolute atomic E-state index is 0.0942. The van der Waals surface area contributed by atoms with E-state index in [-0.39, 0.29) is 5.91 Å². The zero-order valence-corrected chi connectivity index (χ0v) is 12.1. The van der Waals surface area contributed by atoms with E-state index >= 15 is 0 Å². The molecule has 2 N–H and O–H groups in total. The lowest BCUT2D eigenvalue weighted by atomic mass is 9.95. The Labute approximate surface area is 120 Å². The fraction of sp³-hybridized carbons (Fsp3) is 0.562. The van der Waals surface area contributed by atoms with E-state index < -0.39 is 0 Å². The molecule has 2 heterocycles. The third-order valence-corrected chi connectivity index (χ3v) is 4.45. The van der Waals surface area contributed by atoms with Crippen molar-refractivity contribution in [2.45, 2.75) is 38.3 Å². The molecule has 1 saturated heterocycles. The zero-order chi connectivity index (χ0) is 13.9. The molecule has 1 fully saturated rings. The van der Waals surface area contributed by atoms with Crippen LogP contribution in [-0.2, 0) is 11.2 Å². The molecule has 1 atom stereocenters. The third kappa shape index (κ3) is 2.96. The molecule has 0 bridgehead atoms. The zero-order valence-electron chi connectivity index (χ0n) is 12.1. The van der Waals surface area contributed by atoms with E-state index in [0.717, 1.165) is 38.9 Å². The van der Waals surface area contributed by atoms with Gasteiger partial charge in [-0.2, -0.15) is 0 Å². The molecule has 0 radical (unpaired) electrons. The number of nitrogens with zero attached hydrogens (tertiary/aromatic N) is 1. The number of fused-ring (bicyclic) bond motifs is 1. The maximum absolute atomic E-state index is 11.1. The van der Waals surface area contributed by atoms with Crippen LogP contribution in [0.4, 0.5) is 5.69 Å². The van der Waals surface area contributed by atoms with Gasteiger partial charge in [-0.05, 0) is 30.9 Å². The van der Waals surface area contributed by atoms with Crippen molar-refractivity contribution in [2.75, 3.05) is 25.0 Å². The van der Waals surface area contributed by atoms with Crippen LogP contribution in [0.3, 0.4) is 0 Å². The van der Waals surface area contributed by atoms with Gasteiger partial charge in [0, 0.05) is 44.3 Å². The summed E-state index contributed by atoms with van der Waals surface area (Å²) in [5, 5.41) is 6.58. The molecule has 4 heteroatoms. The summed E-state index contributed by atoms with van der Waals surface area (Å²) in [6, 6.07) is 9.54. The smallest absolute Gasteiger partial charge is 0.217 e. The van der Waals surface area contributed by atoms with E-state index in [1.807, 2.05) is 0 Å². The number of carbonyl (C=O) groups is 1. The van der Waals surface area contributed by atoms with Gasteiger partial charge in [0.25, 0.3) is 0 Å². The van der Waals surface area contributed by atoms with Gasteiger partial charge in [-0.3, -0.25) is 9.69 Å². The molecule has 20 heavy (non-hydrogen) atoms. The van der Waals surface area contributed by atoms with Gasteiger partial charge in [-0.25, -0.2) is 0 Å². The highest BCUT2D eigenvalue weighted by Crippen LogP contribution is 2.25. The van der Waals surface area contributed by atoms with Crippen LogP contribution in [0.2, 0.25) is 0 Å². The predicted molar refractivity (Wildman–Crippen MR) is 80.8 cm³/mol. The lowest BCUT2D eigenvalue weighted by Crippen LogP contribution is -2.51. The Balaban J connectivity index is 1.56. The normalized spacial score (nSPS) is 23.8. The molecule has 0 spiro atoms. The molecule has 4 nitrogen and oxygen atoms in total. The Hall–Kier alpha value is -1.55. The molecule has 108 valence electrons. The standard InChI is InChI=1S/C16H23N3O/c1-12(20)18-14-6-8-19(9-7-14)15-10-13-4-2-3-5-16(13)17-11-15/h2-5,14-15,17H,6-11H2,1H3,(H,18,20). The fourth-order valence-electron chi connectivity index (χ4n) is 3.38. The number of anilines is 1. The fourth-order valence-corrected chi connectivity index (χ4v) is 3.38. The van der Waals surface area contributed by atoms with Gasteiger partial charge in [-0.15, -0.1) is 0 Å². The van der Waals surface area contributed by atoms with Crippen molar-refractivity contribution in [3.63, 3.8) is 0 Å². The van der Waals surface area contributed by atoms with E-state index in [0.29, 0.717) is 12.1 Å². The molecule has 1 aromatic rings. The Morgan fingerprint density at radius 1 is 1.30 bits per heavy atom. The van der Waals surface area contributed by atoms with Crippen molar-refractivity contribution < 1.29 is 4.79 Å². The van der Waals surface area contributed by atoms with Crippen LogP contribution in [0.1, 0.15) is 25.3 Å². The Morgan fingerprint density at radius 3 is 2.80 bits per heavy atom. The Morgan fingerprint density at radius 2 is 2.05 bits per heavy atom. The van der Waals surface area contributed by atoms with Gasteiger partial charge < -0.3 is 10.6 Å². The van der Waals surface area contributed by atoms with E-state index in [9.17, 15) is 4.79 Å². The lowest BCUT2D eigenvalue weighted by molar-refractivity contribution is -0.120. The van der Waals surface area contributed by atoms with Crippen molar-refractivity contribution in [1.82, 2.24) is 10.2 Å². The number of para-hydroxylation sites is 1. The van der Waals surface area contributed by atoms with E-state index in [1.165, 1.54) is 11.3 Å². The third-order valence-electron chi connectivity index (χ3n) is 4.45. The van der Waals surface area contributed by atoms with Gasteiger partial charge in [0.2, 0.25) is 5.91 Å². The van der Waals surface area contributed by atoms with Crippen LogP contribution < -0.4 is 10.6 Å². The monoisotopic (exact) mass is 273 g/mol. The average molecular weight is 273 g/mol. The van der Waals surface area contributed by atoms with Crippen molar-refractivity contribution in [3.05, 3.63) is 29.8 Å². The number of likely N-dealkylation sites (tertiary alicyclic amines) is 1. The number of carbonyl (C=O) groups excluding carboxylic acids is 1. The topological polar surface area (TPSA) is 44.4 Å². The average Bonchev–Trinajstić information content (AvgIpc) is 2.47. The first-order chi connectivity index (χ1) is 9.72. The maximum atomic E-state index is 11.1. The summed E-state index contributed by atoms with van der Waals surface area (Å²) in [5.74, 6) is 0.0942. The maximum Gasteiger partial charge on any atom is 0.217 e. The van der Waals surface area contributed by atoms with Crippen LogP contribution in [0, 0.1) is 0 Å². The van der Waals surface area contributed by atoms with Crippen LogP contribution in [-0.4, -0.2) is 42.5 Å². The highest BCUT2D eigenvalue weighted by Gasteiger charge is 2.27. The largest absolute Gasteiger partial charge is 0.383 e. The van der Waals surface area contributed by atoms with Crippen molar-refractivity contribution in [1.29, 1.82) is 0 Å². The van der Waals surface area contributed by atoms with Crippen LogP contribution >= 0.6 is 0 Å². The summed E-state index contributed by atoms with van der Waals surface area (Å²) in [5.41, 5.74) is 2.71. The number of piperidine rings is 1. The number of benzene rings is 1. The quantitative estimate of drug-likeness (QED) is 0.860. The van der Waals surface area contributed by atoms with Crippen LogP contribution in [0.5, 0.6) is 0 Å².